The number of methoxy groups -OCH3 is 1. The monoisotopic (exact) mass is 382 g/mol. The number of nitrogens with one attached hydrogen (secondary N) is 2. The number of aliphatic hydroxyl groups is 1. The van der Waals surface area contributed by atoms with Crippen LogP contribution < -0.4 is 15.0 Å². The molecule has 0 aromatic heterocycles. The van der Waals surface area contributed by atoms with E-state index >= 15 is 0 Å². The van der Waals surface area contributed by atoms with E-state index in [1.165, 1.54) is 0 Å². The van der Waals surface area contributed by atoms with Crippen LogP contribution in [0, 0.1) is 0 Å². The minimum absolute atomic E-state index is 0.0299. The lowest BCUT2D eigenvalue weighted by Gasteiger charge is -2.27. The molecule has 0 spiro atoms. The van der Waals surface area contributed by atoms with Crippen LogP contribution in [0.15, 0.2) is 48.2 Å². The largest absolute Gasteiger partial charge is 0.496 e. The number of carbonyl (C=O) groups excluding carboxylic acids is 2. The highest BCUT2D eigenvalue weighted by atomic mass is 16.5. The molecule has 2 aliphatic heterocycles. The Morgan fingerprint density at radius 3 is 2.96 bits per heavy atom. The van der Waals surface area contributed by atoms with Crippen molar-refractivity contribution in [2.45, 2.75) is 13.0 Å². The molecule has 7 heteroatoms. The highest BCUT2D eigenvalue weighted by molar-refractivity contribution is 6.03. The van der Waals surface area contributed by atoms with Crippen molar-refractivity contribution in [1.29, 1.82) is 0 Å². The number of hydrogen-bond acceptors (Lipinski definition) is 4. The summed E-state index contributed by atoms with van der Waals surface area (Å²) >= 11 is 0. The van der Waals surface area contributed by atoms with Gasteiger partial charge in [-0.15, -0.1) is 0 Å². The maximum absolute atomic E-state index is 12.7. The molecule has 1 atom stereocenters. The molecule has 1 aromatic rings. The molecule has 1 unspecified atom stereocenters. The molecular formula is C21H24N3O4+. The van der Waals surface area contributed by atoms with Crippen LogP contribution in [0.5, 0.6) is 5.75 Å². The summed E-state index contributed by atoms with van der Waals surface area (Å²) in [6, 6.07) is 4.70. The Bertz CT molecular complexity index is 899. The Kier molecular flexibility index (Phi) is 6.06. The first-order chi connectivity index (χ1) is 13.6. The molecule has 7 nitrogen and oxygen atoms in total. The number of hydrogen-bond donors (Lipinski definition) is 3. The first kappa shape index (κ1) is 19.6. The summed E-state index contributed by atoms with van der Waals surface area (Å²) in [5.74, 6) is 0.298. The van der Waals surface area contributed by atoms with Gasteiger partial charge in [-0.3, -0.25) is 9.59 Å². The van der Waals surface area contributed by atoms with Gasteiger partial charge >= 0.3 is 0 Å². The maximum Gasteiger partial charge on any atom is 0.300 e. The third-order valence-electron chi connectivity index (χ3n) is 4.65. The van der Waals surface area contributed by atoms with E-state index in [0.717, 1.165) is 16.7 Å². The zero-order valence-corrected chi connectivity index (χ0v) is 15.9. The molecule has 146 valence electrons. The predicted molar refractivity (Wildman–Crippen MR) is 106 cm³/mol. The molecule has 0 radical (unpaired) electrons. The molecule has 28 heavy (non-hydrogen) atoms. The molecule has 2 amide bonds. The van der Waals surface area contributed by atoms with Crippen molar-refractivity contribution in [3.8, 4) is 5.75 Å². The minimum atomic E-state index is -0.457. The number of aliphatic hydroxyl groups excluding tert-OH is 1. The lowest BCUT2D eigenvalue weighted by molar-refractivity contribution is -0.467. The number of ether oxygens (including phenoxy) is 1. The van der Waals surface area contributed by atoms with E-state index in [2.05, 4.69) is 10.3 Å². The van der Waals surface area contributed by atoms with Crippen LogP contribution >= 0.6 is 0 Å². The van der Waals surface area contributed by atoms with Gasteiger partial charge in [0.15, 0.2) is 6.21 Å². The number of allylic oxidation sites excluding steroid dienone is 2. The summed E-state index contributed by atoms with van der Waals surface area (Å²) in [5.41, 5.74) is 2.84. The molecular weight excluding hydrogens is 358 g/mol. The minimum Gasteiger partial charge on any atom is -0.496 e. The van der Waals surface area contributed by atoms with E-state index in [1.54, 1.807) is 42.6 Å². The molecule has 0 saturated carbocycles. The topological polar surface area (TPSA) is 92.8 Å². The summed E-state index contributed by atoms with van der Waals surface area (Å²) in [7, 11) is 1.57. The van der Waals surface area contributed by atoms with Gasteiger partial charge in [0.1, 0.15) is 5.75 Å². The number of carbonyl (C=O) groups is 2. The molecule has 0 bridgehead atoms. The second-order valence-electron chi connectivity index (χ2n) is 6.39. The molecule has 0 fully saturated rings. The summed E-state index contributed by atoms with van der Waals surface area (Å²) in [5, 5.41) is 11.6. The quantitative estimate of drug-likeness (QED) is 0.562. The Hall–Kier alpha value is -3.19. The zero-order valence-electron chi connectivity index (χ0n) is 15.9. The highest BCUT2D eigenvalue weighted by Gasteiger charge is 2.40. The lowest BCUT2D eigenvalue weighted by atomic mass is 9.89. The summed E-state index contributed by atoms with van der Waals surface area (Å²) < 4.78 is 5.52. The number of fused-ring (bicyclic) bond motifs is 1. The predicted octanol–water partition coefficient (Wildman–Crippen LogP) is -0.363. The first-order valence-electron chi connectivity index (χ1n) is 9.11. The van der Waals surface area contributed by atoms with Crippen molar-refractivity contribution in [3.05, 3.63) is 59.3 Å². The highest BCUT2D eigenvalue weighted by Crippen LogP contribution is 2.36. The van der Waals surface area contributed by atoms with Gasteiger partial charge in [0.05, 0.1) is 13.7 Å². The molecule has 2 aliphatic rings. The summed E-state index contributed by atoms with van der Waals surface area (Å²) in [6.45, 7) is 2.42. The van der Waals surface area contributed by atoms with Crippen LogP contribution in [0.1, 0.15) is 22.8 Å². The second kappa shape index (κ2) is 8.67. The second-order valence-corrected chi connectivity index (χ2v) is 6.39. The SMILES string of the molecule is C/C=C/CN1C=C(c2cc(C(=O)NCCO)ccc2OC)C2=CC=[NH+]C2C1=O. The van der Waals surface area contributed by atoms with Crippen molar-refractivity contribution in [3.63, 3.8) is 0 Å². The normalized spacial score (nSPS) is 18.2. The number of rotatable bonds is 7. The fourth-order valence-corrected chi connectivity index (χ4v) is 3.25. The average molecular weight is 382 g/mol. The van der Waals surface area contributed by atoms with Gasteiger partial charge in [0, 0.05) is 47.6 Å². The Balaban J connectivity index is 2.06. The van der Waals surface area contributed by atoms with Crippen molar-refractivity contribution >= 4 is 23.6 Å². The van der Waals surface area contributed by atoms with E-state index in [4.69, 9.17) is 9.84 Å². The van der Waals surface area contributed by atoms with Crippen LogP contribution in [-0.4, -0.2) is 60.9 Å². The van der Waals surface area contributed by atoms with Crippen LogP contribution in [0.3, 0.4) is 0 Å². The maximum atomic E-state index is 12.7. The van der Waals surface area contributed by atoms with Gasteiger partial charge < -0.3 is 20.1 Å². The standard InChI is InChI=1S/C21H23N3O4/c1-3-4-10-24-13-17(15-7-8-22-19(15)21(24)27)16-12-14(5-6-18(16)28-2)20(26)23-9-11-25/h3-8,12-13,19,25H,9-11H2,1-2H3,(H,23,26)/p+1/b4-3+. The van der Waals surface area contributed by atoms with Crippen molar-refractivity contribution in [1.82, 2.24) is 10.2 Å². The van der Waals surface area contributed by atoms with Gasteiger partial charge in [-0.25, -0.2) is 4.99 Å². The third kappa shape index (κ3) is 3.75. The van der Waals surface area contributed by atoms with Crippen molar-refractivity contribution in [2.75, 3.05) is 26.8 Å². The Morgan fingerprint density at radius 2 is 2.25 bits per heavy atom. The zero-order chi connectivity index (χ0) is 20.1. The lowest BCUT2D eigenvalue weighted by Crippen LogP contribution is -2.79. The van der Waals surface area contributed by atoms with E-state index in [0.29, 0.717) is 17.9 Å². The van der Waals surface area contributed by atoms with Gasteiger partial charge in [0.25, 0.3) is 17.9 Å². The van der Waals surface area contributed by atoms with Crippen LogP contribution in [0.25, 0.3) is 5.57 Å². The summed E-state index contributed by atoms with van der Waals surface area (Å²) in [4.78, 5) is 29.8. The number of nitrogens with zero attached hydrogens (tertiary/aromatic N) is 1. The molecule has 3 rings (SSSR count). The average Bonchev–Trinajstić information content (AvgIpc) is 3.21. The van der Waals surface area contributed by atoms with E-state index in [9.17, 15) is 9.59 Å². The van der Waals surface area contributed by atoms with Gasteiger partial charge in [0.2, 0.25) is 0 Å². The molecule has 3 N–H and O–H groups in total. The molecule has 2 heterocycles. The number of amides is 2. The smallest absolute Gasteiger partial charge is 0.300 e. The molecule has 1 aromatic carbocycles. The van der Waals surface area contributed by atoms with Crippen LogP contribution in [0.4, 0.5) is 0 Å². The molecule has 0 saturated heterocycles. The first-order valence-corrected chi connectivity index (χ1v) is 9.11. The fourth-order valence-electron chi connectivity index (χ4n) is 3.25. The van der Waals surface area contributed by atoms with Crippen molar-refractivity contribution in [2.24, 2.45) is 0 Å². The van der Waals surface area contributed by atoms with Crippen molar-refractivity contribution < 1.29 is 24.4 Å². The third-order valence-corrected chi connectivity index (χ3v) is 4.65. The Morgan fingerprint density at radius 1 is 1.43 bits per heavy atom. The van der Waals surface area contributed by atoms with Crippen LogP contribution in [0.2, 0.25) is 0 Å². The Labute approximate surface area is 163 Å². The van der Waals surface area contributed by atoms with E-state index in [1.807, 2.05) is 25.2 Å². The van der Waals surface area contributed by atoms with Crippen LogP contribution in [-0.2, 0) is 4.79 Å². The fraction of sp³-hybridized carbons (Fsp3) is 0.286. The van der Waals surface area contributed by atoms with E-state index in [-0.39, 0.29) is 25.0 Å². The van der Waals surface area contributed by atoms with E-state index < -0.39 is 6.04 Å². The molecule has 0 aliphatic carbocycles. The summed E-state index contributed by atoms with van der Waals surface area (Å²) in [6.07, 6.45) is 9.25. The van der Waals surface area contributed by atoms with Gasteiger partial charge in [-0.1, -0.05) is 12.2 Å². The number of benzene rings is 1. The van der Waals surface area contributed by atoms with Gasteiger partial charge in [-0.2, -0.15) is 0 Å². The van der Waals surface area contributed by atoms with Gasteiger partial charge in [-0.05, 0) is 25.1 Å².